The van der Waals surface area contributed by atoms with Crippen LogP contribution in [0.1, 0.15) is 5.56 Å². The first-order chi connectivity index (χ1) is 12.7. The molecular weight excluding hydrogens is 369 g/mol. The molecule has 10 heteroatoms. The van der Waals surface area contributed by atoms with Crippen LogP contribution in [0, 0.1) is 10.1 Å². The molecule has 144 valence electrons. The third kappa shape index (κ3) is 6.84. The first-order valence-corrected chi connectivity index (χ1v) is 7.66. The van der Waals surface area contributed by atoms with Crippen molar-refractivity contribution in [2.45, 2.75) is 12.7 Å². The van der Waals surface area contributed by atoms with E-state index in [2.05, 4.69) is 10.1 Å². The molecule has 0 spiro atoms. The van der Waals surface area contributed by atoms with Crippen molar-refractivity contribution >= 4 is 11.6 Å². The van der Waals surface area contributed by atoms with Gasteiger partial charge < -0.3 is 14.8 Å². The number of nitrogens with zero attached hydrogens (tertiary/aromatic N) is 1. The van der Waals surface area contributed by atoms with Crippen molar-refractivity contribution in [3.63, 3.8) is 0 Å². The number of ether oxygens (including phenoxy) is 2. The van der Waals surface area contributed by atoms with Crippen LogP contribution in [0.5, 0.6) is 11.5 Å². The Morgan fingerprint density at radius 1 is 1.07 bits per heavy atom. The third-order valence-corrected chi connectivity index (χ3v) is 3.24. The molecule has 27 heavy (non-hydrogen) atoms. The van der Waals surface area contributed by atoms with Gasteiger partial charge in [-0.2, -0.15) is 13.2 Å². The molecule has 1 N–H and O–H groups in total. The van der Waals surface area contributed by atoms with Gasteiger partial charge in [-0.3, -0.25) is 14.9 Å². The first kappa shape index (κ1) is 20.0. The van der Waals surface area contributed by atoms with Gasteiger partial charge in [-0.25, -0.2) is 0 Å². The zero-order valence-electron chi connectivity index (χ0n) is 13.9. The molecule has 0 aromatic heterocycles. The number of carbonyl (C=O) groups excluding carboxylic acids is 1. The van der Waals surface area contributed by atoms with Crippen LogP contribution in [-0.2, 0) is 11.3 Å². The van der Waals surface area contributed by atoms with Crippen LogP contribution >= 0.6 is 0 Å². The zero-order chi connectivity index (χ0) is 19.9. The largest absolute Gasteiger partial charge is 0.484 e. The Morgan fingerprint density at radius 2 is 1.74 bits per heavy atom. The van der Waals surface area contributed by atoms with Crippen LogP contribution in [0.4, 0.5) is 18.9 Å². The number of hydrogen-bond donors (Lipinski definition) is 1. The highest BCUT2D eigenvalue weighted by molar-refractivity contribution is 5.77. The molecule has 0 fully saturated rings. The lowest BCUT2D eigenvalue weighted by Crippen LogP contribution is -2.28. The molecule has 0 saturated carbocycles. The lowest BCUT2D eigenvalue weighted by molar-refractivity contribution is -0.385. The molecule has 0 aliphatic rings. The molecule has 0 unspecified atom stereocenters. The van der Waals surface area contributed by atoms with Crippen molar-refractivity contribution in [2.75, 3.05) is 13.2 Å². The maximum absolute atomic E-state index is 12.1. The quantitative estimate of drug-likeness (QED) is 0.557. The summed E-state index contributed by atoms with van der Waals surface area (Å²) in [4.78, 5) is 22.0. The predicted octanol–water partition coefficient (Wildman–Crippen LogP) is 3.23. The van der Waals surface area contributed by atoms with Crippen LogP contribution in [0.25, 0.3) is 0 Å². The van der Waals surface area contributed by atoms with Crippen molar-refractivity contribution in [3.05, 3.63) is 64.2 Å². The normalized spacial score (nSPS) is 10.9. The number of halogens is 3. The maximum Gasteiger partial charge on any atom is 0.422 e. The van der Waals surface area contributed by atoms with Crippen molar-refractivity contribution in [1.29, 1.82) is 0 Å². The highest BCUT2D eigenvalue weighted by Crippen LogP contribution is 2.25. The summed E-state index contributed by atoms with van der Waals surface area (Å²) < 4.78 is 46.0. The maximum atomic E-state index is 12.1. The molecule has 0 bridgehead atoms. The van der Waals surface area contributed by atoms with E-state index in [-0.39, 0.29) is 23.7 Å². The molecule has 2 aromatic carbocycles. The number of nitro groups is 1. The van der Waals surface area contributed by atoms with Gasteiger partial charge in [0.25, 0.3) is 5.91 Å². The Bertz CT molecular complexity index is 794. The molecule has 0 radical (unpaired) electrons. The van der Waals surface area contributed by atoms with E-state index in [0.717, 1.165) is 0 Å². The van der Waals surface area contributed by atoms with E-state index in [0.29, 0.717) is 5.56 Å². The van der Waals surface area contributed by atoms with Crippen LogP contribution in [0.2, 0.25) is 0 Å². The molecule has 7 nitrogen and oxygen atoms in total. The van der Waals surface area contributed by atoms with Gasteiger partial charge in [0.05, 0.1) is 4.92 Å². The van der Waals surface area contributed by atoms with E-state index in [1.54, 1.807) is 6.07 Å². The van der Waals surface area contributed by atoms with Gasteiger partial charge in [0.2, 0.25) is 0 Å². The summed E-state index contributed by atoms with van der Waals surface area (Å²) in [5, 5.41) is 13.4. The molecule has 2 rings (SSSR count). The smallest absolute Gasteiger partial charge is 0.422 e. The third-order valence-electron chi connectivity index (χ3n) is 3.24. The lowest BCUT2D eigenvalue weighted by Gasteiger charge is -2.10. The fraction of sp³-hybridized carbons (Fsp3) is 0.235. The Hall–Kier alpha value is -3.30. The SMILES string of the molecule is O=C(COc1ccccc1[N+](=O)[O-])NCc1ccc(OCC(F)(F)F)cc1. The molecule has 0 aliphatic heterocycles. The second kappa shape index (κ2) is 8.88. The highest BCUT2D eigenvalue weighted by atomic mass is 19.4. The van der Waals surface area contributed by atoms with Crippen LogP contribution in [0.3, 0.4) is 0 Å². The molecular formula is C17H15F3N2O5. The van der Waals surface area contributed by atoms with E-state index >= 15 is 0 Å². The molecule has 1 amide bonds. The number of nitro benzene ring substituents is 1. The summed E-state index contributed by atoms with van der Waals surface area (Å²) >= 11 is 0. The van der Waals surface area contributed by atoms with Crippen molar-refractivity contribution in [2.24, 2.45) is 0 Å². The second-order valence-corrected chi connectivity index (χ2v) is 5.34. The van der Waals surface area contributed by atoms with Gasteiger partial charge in [0.15, 0.2) is 19.0 Å². The first-order valence-electron chi connectivity index (χ1n) is 7.66. The zero-order valence-corrected chi connectivity index (χ0v) is 13.9. The molecule has 2 aromatic rings. The fourth-order valence-corrected chi connectivity index (χ4v) is 1.99. The number of hydrogen-bond acceptors (Lipinski definition) is 5. The summed E-state index contributed by atoms with van der Waals surface area (Å²) in [5.41, 5.74) is 0.383. The number of benzene rings is 2. The van der Waals surface area contributed by atoms with Gasteiger partial charge in [-0.15, -0.1) is 0 Å². The molecule has 0 heterocycles. The standard InChI is InChI=1S/C17H15F3N2O5/c18-17(19,20)11-27-13-7-5-12(6-8-13)9-21-16(23)10-26-15-4-2-1-3-14(15)22(24)25/h1-8H,9-11H2,(H,21,23). The average molecular weight is 384 g/mol. The van der Waals surface area contributed by atoms with Gasteiger partial charge in [-0.05, 0) is 23.8 Å². The minimum atomic E-state index is -4.42. The summed E-state index contributed by atoms with van der Waals surface area (Å²) in [6.45, 7) is -1.69. The van der Waals surface area contributed by atoms with E-state index in [1.165, 1.54) is 42.5 Å². The fourth-order valence-electron chi connectivity index (χ4n) is 1.99. The number of nitrogens with one attached hydrogen (secondary N) is 1. The monoisotopic (exact) mass is 384 g/mol. The summed E-state index contributed by atoms with van der Waals surface area (Å²) in [6, 6.07) is 11.4. The topological polar surface area (TPSA) is 90.7 Å². The number of carbonyl (C=O) groups is 1. The van der Waals surface area contributed by atoms with Gasteiger partial charge in [0, 0.05) is 12.6 Å². The molecule has 0 atom stereocenters. The van der Waals surface area contributed by atoms with E-state index in [9.17, 15) is 28.1 Å². The van der Waals surface area contributed by atoms with E-state index < -0.39 is 30.2 Å². The van der Waals surface area contributed by atoms with Crippen LogP contribution in [0.15, 0.2) is 48.5 Å². The van der Waals surface area contributed by atoms with E-state index in [4.69, 9.17) is 4.74 Å². The van der Waals surface area contributed by atoms with Gasteiger partial charge >= 0.3 is 11.9 Å². The summed E-state index contributed by atoms with van der Waals surface area (Å²) in [7, 11) is 0. The molecule has 0 saturated heterocycles. The van der Waals surface area contributed by atoms with E-state index in [1.807, 2.05) is 0 Å². The van der Waals surface area contributed by atoms with Crippen molar-refractivity contribution < 1.29 is 32.4 Å². The number of para-hydroxylation sites is 2. The van der Waals surface area contributed by atoms with Crippen LogP contribution in [-0.4, -0.2) is 30.2 Å². The number of amides is 1. The lowest BCUT2D eigenvalue weighted by atomic mass is 10.2. The highest BCUT2D eigenvalue weighted by Gasteiger charge is 2.28. The minimum Gasteiger partial charge on any atom is -0.484 e. The summed E-state index contributed by atoms with van der Waals surface area (Å²) in [5.74, 6) is -0.475. The van der Waals surface area contributed by atoms with Gasteiger partial charge in [-0.1, -0.05) is 24.3 Å². The Balaban J connectivity index is 1.80. The average Bonchev–Trinajstić information content (AvgIpc) is 2.63. The van der Waals surface area contributed by atoms with Crippen molar-refractivity contribution in [1.82, 2.24) is 5.32 Å². The minimum absolute atomic E-state index is 0.0242. The van der Waals surface area contributed by atoms with Crippen molar-refractivity contribution in [3.8, 4) is 11.5 Å². The summed E-state index contributed by atoms with van der Waals surface area (Å²) in [6.07, 6.45) is -4.42. The number of alkyl halides is 3. The Labute approximate surface area is 151 Å². The molecule has 0 aliphatic carbocycles. The Morgan fingerprint density at radius 3 is 2.37 bits per heavy atom. The predicted molar refractivity (Wildman–Crippen MR) is 88.4 cm³/mol. The van der Waals surface area contributed by atoms with Gasteiger partial charge in [0.1, 0.15) is 5.75 Å². The second-order valence-electron chi connectivity index (χ2n) is 5.34. The van der Waals surface area contributed by atoms with Crippen LogP contribution < -0.4 is 14.8 Å². The number of rotatable bonds is 8. The Kier molecular flexibility index (Phi) is 6.58.